The van der Waals surface area contributed by atoms with Crippen molar-refractivity contribution in [2.45, 2.75) is 59.7 Å². The zero-order chi connectivity index (χ0) is 71.9. The molecule has 0 amide bonds. The van der Waals surface area contributed by atoms with Crippen molar-refractivity contribution in [3.63, 3.8) is 0 Å². The van der Waals surface area contributed by atoms with Gasteiger partial charge in [0, 0.05) is 10.5 Å². The van der Waals surface area contributed by atoms with Crippen molar-refractivity contribution in [3.8, 4) is 86.5 Å². The zero-order valence-corrected chi connectivity index (χ0v) is 53.1. The molecule has 0 atom stereocenters. The first-order valence-corrected chi connectivity index (χ1v) is 31.0. The number of hydrogen-bond donors (Lipinski definition) is 1. The van der Waals surface area contributed by atoms with Gasteiger partial charge >= 0.3 is 24.7 Å². The van der Waals surface area contributed by atoms with Crippen molar-refractivity contribution >= 4 is 12.0 Å². The first-order valence-electron chi connectivity index (χ1n) is 30.3. The maximum absolute atomic E-state index is 15.6. The van der Waals surface area contributed by atoms with Crippen molar-refractivity contribution < 1.29 is 86.3 Å². The lowest BCUT2D eigenvalue weighted by Gasteiger charge is -2.39. The Kier molecular flexibility index (Phi) is 18.5. The highest BCUT2D eigenvalue weighted by atomic mass is 32.2. The number of alkyl halides is 12. The third-order valence-electron chi connectivity index (χ3n) is 17.7. The molecule has 0 heterocycles. The normalized spacial score (nSPS) is 12.9. The summed E-state index contributed by atoms with van der Waals surface area (Å²) in [6.07, 6.45) is -24.4. The van der Waals surface area contributed by atoms with Gasteiger partial charge in [0.25, 0.3) is 0 Å². The van der Waals surface area contributed by atoms with Gasteiger partial charge in [0.05, 0.1) is 23.0 Å². The summed E-state index contributed by atoms with van der Waals surface area (Å²) >= 11 is 0.107. The fourth-order valence-corrected chi connectivity index (χ4v) is 13.6. The van der Waals surface area contributed by atoms with E-state index in [0.717, 1.165) is 100 Å². The van der Waals surface area contributed by atoms with Crippen molar-refractivity contribution in [2.24, 2.45) is 0 Å². The third kappa shape index (κ3) is 12.1. The molecule has 0 aliphatic heterocycles. The van der Waals surface area contributed by atoms with E-state index in [2.05, 4.69) is 39.7 Å². The van der Waals surface area contributed by atoms with Gasteiger partial charge < -0.3 is 18.9 Å². The Bertz CT molecular complexity index is 5010. The molecule has 11 aromatic carbocycles. The molecule has 506 valence electrons. The van der Waals surface area contributed by atoms with Crippen molar-refractivity contribution in [2.75, 3.05) is 0 Å². The summed E-state index contributed by atoms with van der Waals surface area (Å²) in [4.78, 5) is -0.337. The van der Waals surface area contributed by atoms with Crippen LogP contribution in [0.2, 0.25) is 0 Å². The van der Waals surface area contributed by atoms with E-state index in [9.17, 15) is 15.8 Å². The summed E-state index contributed by atoms with van der Waals surface area (Å²) in [6, 6.07) is 61.3. The summed E-state index contributed by atoms with van der Waals surface area (Å²) in [6.45, 7) is 2.83. The second kappa shape index (κ2) is 27.0. The van der Waals surface area contributed by atoms with Crippen LogP contribution in [0.25, 0.3) is 22.3 Å². The predicted octanol–water partition coefficient (Wildman–Crippen LogP) is 22.4. The minimum atomic E-state index is -6.09. The molecule has 11 aromatic rings. The molecular weight excluding hydrogens is 1350 g/mol. The van der Waals surface area contributed by atoms with E-state index in [4.69, 9.17) is 24.2 Å². The van der Waals surface area contributed by atoms with E-state index < -0.39 is 85.8 Å². The highest BCUT2D eigenvalue weighted by Crippen LogP contribution is 2.61. The summed E-state index contributed by atoms with van der Waals surface area (Å²) < 4.78 is 215. The summed E-state index contributed by atoms with van der Waals surface area (Å²) in [7, 11) is 0. The number of aryl methyl sites for hydroxylation is 2. The molecule has 10 nitrogen and oxygen atoms in total. The monoisotopic (exact) mass is 1400 g/mol. The number of ether oxygens (including phenoxy) is 4. The van der Waals surface area contributed by atoms with E-state index in [1.165, 1.54) is 30.3 Å². The first-order chi connectivity index (χ1) is 48.2. The molecule has 0 saturated heterocycles. The molecule has 0 saturated carbocycles. The number of rotatable bonds is 18. The first kappa shape index (κ1) is 69.4. The van der Waals surface area contributed by atoms with Crippen LogP contribution in [0.4, 0.5) is 52.7 Å². The van der Waals surface area contributed by atoms with E-state index in [1.54, 1.807) is 24.3 Å². The molecular formula is C78H47F12N3O7S. The van der Waals surface area contributed by atoms with Crippen molar-refractivity contribution in [3.05, 3.63) is 315 Å². The molecule has 1 aliphatic rings. The van der Waals surface area contributed by atoms with Gasteiger partial charge in [-0.2, -0.15) is 68.5 Å². The van der Waals surface area contributed by atoms with Crippen LogP contribution >= 0.6 is 12.0 Å². The fourth-order valence-electron chi connectivity index (χ4n) is 13.2. The summed E-state index contributed by atoms with van der Waals surface area (Å²) in [5, 5.41) is 42.9. The summed E-state index contributed by atoms with van der Waals surface area (Å²) in [5.74, 6) is -0.141. The van der Waals surface area contributed by atoms with Gasteiger partial charge in [0.1, 0.15) is 75.3 Å². The molecule has 1 N–H and O–H groups in total. The number of hydrogen-bond acceptors (Lipinski definition) is 11. The number of benzene rings is 11. The van der Waals surface area contributed by atoms with Gasteiger partial charge in [-0.25, -0.2) is 5.26 Å². The highest BCUT2D eigenvalue weighted by molar-refractivity contribution is 7.94. The zero-order valence-electron chi connectivity index (χ0n) is 52.3. The minimum absolute atomic E-state index is 0.00969. The molecule has 0 spiro atoms. The Hall–Kier alpha value is -11.5. The van der Waals surface area contributed by atoms with Gasteiger partial charge in [-0.05, 0) is 177 Å². The average molecular weight is 1400 g/mol. The molecule has 0 bridgehead atoms. The van der Waals surface area contributed by atoms with Crippen LogP contribution in [0.15, 0.2) is 248 Å². The molecule has 0 radical (unpaired) electrons. The number of halogens is 12. The highest BCUT2D eigenvalue weighted by Gasteiger charge is 2.74. The van der Waals surface area contributed by atoms with Crippen molar-refractivity contribution in [1.82, 2.24) is 0 Å². The van der Waals surface area contributed by atoms with Crippen LogP contribution in [-0.2, 0) is 25.6 Å². The SMILES string of the molecule is Cc1ccc(-c2cccc(Oc3ccc(C(c4ccc(Oc5cccc(Oc6ccc(C7(c8ccc(Oc9cccc(C)c9C#N)cc8)c8ccccc8-c8ccccc87)cc6)c5C#N)cc4)(C(F)(F)F)C(F)(F)F)cc3)c2C#N)cc1C(c1cccc(SOOO)c1)(C(F)(F)F)C(F)(F)F. The van der Waals surface area contributed by atoms with Gasteiger partial charge in [-0.15, -0.1) is 4.33 Å². The van der Waals surface area contributed by atoms with Crippen LogP contribution in [0, 0.1) is 47.8 Å². The maximum Gasteiger partial charge on any atom is 0.411 e. The maximum atomic E-state index is 15.6. The molecule has 101 heavy (non-hydrogen) atoms. The van der Waals surface area contributed by atoms with Gasteiger partial charge in [0.2, 0.25) is 10.8 Å². The summed E-state index contributed by atoms with van der Waals surface area (Å²) in [5.41, 5.74) is -10.4. The van der Waals surface area contributed by atoms with Gasteiger partial charge in [-0.3, -0.25) is 0 Å². The van der Waals surface area contributed by atoms with E-state index in [1.807, 2.05) is 85.8 Å². The van der Waals surface area contributed by atoms with Crippen LogP contribution in [0.5, 0.6) is 46.0 Å². The largest absolute Gasteiger partial charge is 0.456 e. The second-order valence-corrected chi connectivity index (χ2v) is 24.0. The van der Waals surface area contributed by atoms with Crippen LogP contribution in [-0.4, -0.2) is 30.0 Å². The van der Waals surface area contributed by atoms with Gasteiger partial charge in [0.15, 0.2) is 0 Å². The smallest absolute Gasteiger partial charge is 0.411 e. The number of nitrogens with zero attached hydrogens (tertiary/aromatic N) is 3. The Morgan fingerprint density at radius 3 is 1.21 bits per heavy atom. The Morgan fingerprint density at radius 2 is 0.762 bits per heavy atom. The average Bonchev–Trinajstić information content (AvgIpc) is 1.69. The van der Waals surface area contributed by atoms with E-state index in [-0.39, 0.29) is 56.6 Å². The van der Waals surface area contributed by atoms with Crippen LogP contribution in [0.1, 0.15) is 72.3 Å². The number of fused-ring (bicyclic) bond motifs is 3. The van der Waals surface area contributed by atoms with Gasteiger partial charge in [-0.1, -0.05) is 157 Å². The standard InChI is InChI=1S/C78H47F12N3O7S/c1-46-11-7-19-68(62(46)43-91)95-54-33-25-49(26-34-54)72(65-17-5-3-14-60(65)61-15-4-6-18-66(61)72)50-27-35-55(36-28-50)97-70-21-10-22-71(64(70)45-93)98-57-39-31-52(32-40-57)73(75(79,80)81,76(82,83)84)51-29-37-56(38-30-51)96-69-20-9-16-59(63(69)44-92)48-24-23-47(2)67(41-48)74(77(85,86)87,78(88,89)90)53-12-8-13-58(42-53)101-100-99-94/h3-42,94H,1-2H3. The number of nitriles is 3. The lowest BCUT2D eigenvalue weighted by molar-refractivity contribution is -0.432. The Balaban J connectivity index is 0.809. The predicted molar refractivity (Wildman–Crippen MR) is 348 cm³/mol. The lowest BCUT2D eigenvalue weighted by Crippen LogP contribution is -2.55. The molecule has 0 unspecified atom stereocenters. The minimum Gasteiger partial charge on any atom is -0.456 e. The molecule has 0 aromatic heterocycles. The quantitative estimate of drug-likeness (QED) is 0.0379. The Labute approximate surface area is 572 Å². The molecule has 23 heteroatoms. The van der Waals surface area contributed by atoms with E-state index in [0.29, 0.717) is 59.5 Å². The second-order valence-electron chi connectivity index (χ2n) is 23.2. The fraction of sp³-hybridized carbons (Fsp3) is 0.115. The third-order valence-corrected chi connectivity index (χ3v) is 18.3. The molecule has 12 rings (SSSR count). The molecule has 0 fully saturated rings. The lowest BCUT2D eigenvalue weighted by atomic mass is 9.68. The van der Waals surface area contributed by atoms with Crippen LogP contribution in [0.3, 0.4) is 0 Å². The topological polar surface area (TPSA) is 147 Å². The Morgan fingerprint density at radius 1 is 0.366 bits per heavy atom. The van der Waals surface area contributed by atoms with Crippen LogP contribution < -0.4 is 18.9 Å². The van der Waals surface area contributed by atoms with Crippen molar-refractivity contribution in [1.29, 1.82) is 15.8 Å². The van der Waals surface area contributed by atoms with E-state index >= 15 is 52.7 Å². The molecule has 1 aliphatic carbocycles.